The van der Waals surface area contributed by atoms with Crippen LogP contribution in [0.25, 0.3) is 10.9 Å². The first-order valence-corrected chi connectivity index (χ1v) is 29.0. The molecule has 0 aliphatic carbocycles. The highest BCUT2D eigenvalue weighted by atomic mass is 32.2. The summed E-state index contributed by atoms with van der Waals surface area (Å²) in [6, 6.07) is 34.9. The van der Waals surface area contributed by atoms with Crippen molar-refractivity contribution in [2.75, 3.05) is 86.6 Å². The van der Waals surface area contributed by atoms with E-state index in [2.05, 4.69) is 62.4 Å². The first-order chi connectivity index (χ1) is 34.2. The van der Waals surface area contributed by atoms with Crippen LogP contribution in [0.4, 0.5) is 17.2 Å². The van der Waals surface area contributed by atoms with Crippen LogP contribution in [0.15, 0.2) is 143 Å². The summed E-state index contributed by atoms with van der Waals surface area (Å²) in [5.74, 6) is 0.838. The molecule has 6 aromatic rings. The lowest BCUT2D eigenvalue weighted by Crippen LogP contribution is -2.49. The van der Waals surface area contributed by atoms with Crippen molar-refractivity contribution in [1.29, 1.82) is 0 Å². The van der Waals surface area contributed by atoms with Crippen molar-refractivity contribution in [3.63, 3.8) is 0 Å². The van der Waals surface area contributed by atoms with E-state index >= 15 is 0 Å². The number of pyridine rings is 1. The molecule has 2 aliphatic heterocycles. The Morgan fingerprint density at radius 3 is 1.81 bits per heavy atom. The van der Waals surface area contributed by atoms with Gasteiger partial charge in [0.05, 0.1) is 21.7 Å². The molecule has 0 unspecified atom stereocenters. The van der Waals surface area contributed by atoms with Gasteiger partial charge in [-0.3, -0.25) is 14.4 Å². The maximum Gasteiger partial charge on any atom is 0.270 e. The quantitative estimate of drug-likeness (QED) is 0.103. The number of nitrogens with one attached hydrogen (secondary N) is 3. The summed E-state index contributed by atoms with van der Waals surface area (Å²) in [4.78, 5) is 27.5. The van der Waals surface area contributed by atoms with Crippen LogP contribution in [0.3, 0.4) is 0 Å². The summed E-state index contributed by atoms with van der Waals surface area (Å²) in [6.07, 6.45) is 4.19. The molecule has 2 fully saturated rings. The van der Waals surface area contributed by atoms with Gasteiger partial charge < -0.3 is 20.1 Å². The van der Waals surface area contributed by atoms with Gasteiger partial charge in [-0.25, -0.2) is 30.2 Å². The molecule has 0 bridgehead atoms. The minimum Gasteiger partial charge on any atom is -0.380 e. The van der Waals surface area contributed by atoms with Gasteiger partial charge in [-0.2, -0.15) is 8.61 Å². The molecule has 8 rings (SSSR count). The first kappa shape index (κ1) is 53.7. The average molecular weight is 1040 g/mol. The number of aromatic amines is 1. The molecular weight excluding hydrogens is 971 g/mol. The van der Waals surface area contributed by atoms with Gasteiger partial charge in [-0.15, -0.1) is 0 Å². The third-order valence-electron chi connectivity index (χ3n) is 12.4. The maximum atomic E-state index is 13.7. The van der Waals surface area contributed by atoms with Crippen LogP contribution < -0.4 is 14.9 Å². The van der Waals surface area contributed by atoms with Gasteiger partial charge in [-0.1, -0.05) is 72.3 Å². The first-order valence-electron chi connectivity index (χ1n) is 24.2. The van der Waals surface area contributed by atoms with E-state index in [9.17, 15) is 30.0 Å². The number of rotatable bonds is 12. The molecule has 1 amide bonds. The van der Waals surface area contributed by atoms with Gasteiger partial charge in [0, 0.05) is 87.7 Å². The Morgan fingerprint density at radius 2 is 1.26 bits per heavy atom. The summed E-state index contributed by atoms with van der Waals surface area (Å²) in [6.45, 7) is 17.5. The van der Waals surface area contributed by atoms with Crippen molar-refractivity contribution in [3.05, 3.63) is 156 Å². The van der Waals surface area contributed by atoms with E-state index < -0.39 is 30.1 Å². The molecule has 2 aliphatic rings. The zero-order valence-electron chi connectivity index (χ0n) is 41.8. The molecule has 0 saturated carbocycles. The standard InChI is InChI=1S/C31H39N3O4S2.C22H28N6O3S/c1-26-11-15-30(16-12-26)39(35,36)33-21-7-19-32(25-29-9-5-4-6-10-29)20-8-22-34(24-28(3)23-33)40(37,38)31-17-13-27(2)14-18-31;1-15(2)24-19-5-4-8-23-21(19)27-9-11-28(12-10-27)22(29)20-14-16-13-17(26-32(3,30)31)6-7-18(16)25-20/h4-6,9-18H,3,7-8,19-25H2,1-2H3;4-8,13-15,24-26H,9-12H2,1-3H3. The average Bonchev–Trinajstić information content (AvgIpc) is 3.76. The Morgan fingerprint density at radius 1 is 0.694 bits per heavy atom. The Balaban J connectivity index is 0.000000216. The number of nitrogens with zero attached hydrogens (tertiary/aromatic N) is 6. The maximum absolute atomic E-state index is 13.7. The molecule has 4 heterocycles. The van der Waals surface area contributed by atoms with E-state index in [0.717, 1.165) is 45.4 Å². The summed E-state index contributed by atoms with van der Waals surface area (Å²) >= 11 is 0. The van der Waals surface area contributed by atoms with Crippen LogP contribution in [0.2, 0.25) is 0 Å². The number of anilines is 3. The minimum atomic E-state index is -3.80. The van der Waals surface area contributed by atoms with Crippen LogP contribution in [0.5, 0.6) is 0 Å². The SMILES string of the molecule is C=C1CN(S(=O)(=O)c2ccc(C)cc2)CCCN(Cc2ccccc2)CCCN(S(=O)(=O)c2ccc(C)cc2)C1.CC(C)Nc1cccnc1N1CCN(C(=O)c2cc3cc(NS(C)(=O)=O)ccc3[nH]2)CC1. The lowest BCUT2D eigenvalue weighted by Gasteiger charge is -2.36. The van der Waals surface area contributed by atoms with Gasteiger partial charge >= 0.3 is 0 Å². The second kappa shape index (κ2) is 23.6. The van der Waals surface area contributed by atoms with Gasteiger partial charge in [0.15, 0.2) is 5.82 Å². The number of benzene rings is 4. The minimum absolute atomic E-state index is 0.0504. The Kier molecular flexibility index (Phi) is 17.6. The molecule has 3 N–H and O–H groups in total. The zero-order valence-corrected chi connectivity index (χ0v) is 44.2. The van der Waals surface area contributed by atoms with E-state index in [0.29, 0.717) is 94.7 Å². The van der Waals surface area contributed by atoms with Crippen molar-refractivity contribution in [1.82, 2.24) is 28.4 Å². The van der Waals surface area contributed by atoms with Crippen molar-refractivity contribution in [2.45, 2.75) is 62.9 Å². The summed E-state index contributed by atoms with van der Waals surface area (Å²) < 4.78 is 83.1. The Hall–Kier alpha value is -6.09. The summed E-state index contributed by atoms with van der Waals surface area (Å²) in [5, 5.41) is 4.21. The van der Waals surface area contributed by atoms with Crippen molar-refractivity contribution >= 4 is 64.1 Å². The number of piperazine rings is 1. The third kappa shape index (κ3) is 14.3. The fraction of sp³-hybridized carbons (Fsp3) is 0.358. The molecule has 0 atom stereocenters. The van der Waals surface area contributed by atoms with Crippen LogP contribution in [-0.4, -0.2) is 137 Å². The lowest BCUT2D eigenvalue weighted by molar-refractivity contribution is 0.0741. The molecular formula is C53H67N9O7S3. The van der Waals surface area contributed by atoms with Gasteiger partial charge in [0.25, 0.3) is 5.91 Å². The van der Waals surface area contributed by atoms with Crippen LogP contribution in [0, 0.1) is 13.8 Å². The topological polar surface area (TPSA) is 188 Å². The predicted octanol–water partition coefficient (Wildman–Crippen LogP) is 7.55. The van der Waals surface area contributed by atoms with Gasteiger partial charge in [-0.05, 0) is 125 Å². The number of hydrogen-bond acceptors (Lipinski definition) is 11. The highest BCUT2D eigenvalue weighted by Gasteiger charge is 2.30. The van der Waals surface area contributed by atoms with Crippen molar-refractivity contribution < 1.29 is 30.0 Å². The fourth-order valence-corrected chi connectivity index (χ4v) is 12.3. The highest BCUT2D eigenvalue weighted by molar-refractivity contribution is 7.92. The molecule has 4 aromatic carbocycles. The number of amides is 1. The summed E-state index contributed by atoms with van der Waals surface area (Å²) in [5.41, 5.74) is 6.39. The molecule has 2 aromatic heterocycles. The van der Waals surface area contributed by atoms with Crippen LogP contribution in [-0.2, 0) is 36.6 Å². The second-order valence-corrected chi connectivity index (χ2v) is 24.5. The molecule has 0 spiro atoms. The second-order valence-electron chi connectivity index (χ2n) is 18.8. The van der Waals surface area contributed by atoms with Crippen LogP contribution in [0.1, 0.15) is 53.9 Å². The van der Waals surface area contributed by atoms with E-state index in [1.54, 1.807) is 79.0 Å². The molecule has 0 radical (unpaired) electrons. The Labute approximate surface area is 425 Å². The lowest BCUT2D eigenvalue weighted by atomic mass is 10.2. The number of hydrogen-bond donors (Lipinski definition) is 3. The number of sulfonamides is 3. The van der Waals surface area contributed by atoms with E-state index in [-0.39, 0.29) is 28.8 Å². The van der Waals surface area contributed by atoms with Crippen molar-refractivity contribution in [2.24, 2.45) is 0 Å². The van der Waals surface area contributed by atoms with Crippen molar-refractivity contribution in [3.8, 4) is 0 Å². The highest BCUT2D eigenvalue weighted by Crippen LogP contribution is 2.27. The van der Waals surface area contributed by atoms with E-state index in [1.165, 1.54) is 8.61 Å². The Bertz CT molecular complexity index is 3050. The zero-order chi connectivity index (χ0) is 51.6. The molecule has 72 heavy (non-hydrogen) atoms. The number of H-pyrrole nitrogens is 1. The van der Waals surface area contributed by atoms with Gasteiger partial charge in [0.1, 0.15) is 5.69 Å². The normalized spacial score (nSPS) is 16.4. The van der Waals surface area contributed by atoms with Gasteiger partial charge in [0.2, 0.25) is 30.1 Å². The van der Waals surface area contributed by atoms with E-state index in [4.69, 9.17) is 0 Å². The number of carbonyl (C=O) groups excluding carboxylic acids is 1. The number of fused-ring (bicyclic) bond motifs is 1. The number of aryl methyl sites for hydroxylation is 2. The fourth-order valence-electron chi connectivity index (χ4n) is 8.78. The molecule has 19 heteroatoms. The molecule has 16 nitrogen and oxygen atoms in total. The monoisotopic (exact) mass is 1040 g/mol. The summed E-state index contributed by atoms with van der Waals surface area (Å²) in [7, 11) is -11.0. The third-order valence-corrected chi connectivity index (χ3v) is 16.7. The van der Waals surface area contributed by atoms with E-state index in [1.807, 2.05) is 49.1 Å². The number of carbonyl (C=O) groups is 1. The molecule has 2 saturated heterocycles. The smallest absolute Gasteiger partial charge is 0.270 e. The largest absolute Gasteiger partial charge is 0.380 e. The number of aromatic nitrogens is 2. The predicted molar refractivity (Wildman–Crippen MR) is 288 cm³/mol. The van der Waals surface area contributed by atoms with Crippen LogP contribution >= 0.6 is 0 Å². The molecule has 384 valence electrons.